The molecule has 0 fully saturated rings. The van der Waals surface area contributed by atoms with E-state index in [1.165, 1.54) is 0 Å². The van der Waals surface area contributed by atoms with Crippen LogP contribution in [0.3, 0.4) is 0 Å². The Labute approximate surface area is 115 Å². The third-order valence-electron chi connectivity index (χ3n) is 2.89. The van der Waals surface area contributed by atoms with Crippen LogP contribution in [-0.2, 0) is 22.4 Å². The molecule has 0 bridgehead atoms. The van der Waals surface area contributed by atoms with Crippen molar-refractivity contribution in [1.82, 2.24) is 9.62 Å². The van der Waals surface area contributed by atoms with Gasteiger partial charge in [0.05, 0.1) is 12.4 Å². The number of nitrogens with zero attached hydrogens (tertiary/aromatic N) is 1. The van der Waals surface area contributed by atoms with Crippen molar-refractivity contribution < 1.29 is 13.5 Å². The monoisotopic (exact) mass is 286 g/mol. The second kappa shape index (κ2) is 7.59. The van der Waals surface area contributed by atoms with Crippen LogP contribution in [0.5, 0.6) is 0 Å². The summed E-state index contributed by atoms with van der Waals surface area (Å²) in [5.41, 5.74) is 1.40. The number of hydrogen-bond acceptors (Lipinski definition) is 4. The first-order chi connectivity index (χ1) is 8.96. The molecule has 19 heavy (non-hydrogen) atoms. The lowest BCUT2D eigenvalue weighted by Crippen LogP contribution is -2.33. The van der Waals surface area contributed by atoms with Crippen molar-refractivity contribution in [2.45, 2.75) is 19.3 Å². The molecule has 6 heteroatoms. The molecular weight excluding hydrogens is 264 g/mol. The summed E-state index contributed by atoms with van der Waals surface area (Å²) in [6.45, 7) is 3.93. The molecule has 0 heterocycles. The van der Waals surface area contributed by atoms with E-state index in [1.54, 1.807) is 24.3 Å². The topological polar surface area (TPSA) is 69.6 Å². The zero-order chi connectivity index (χ0) is 14.3. The number of sulfonamides is 1. The molecule has 2 N–H and O–H groups in total. The summed E-state index contributed by atoms with van der Waals surface area (Å²) in [5.74, 6) is -0.0588. The molecule has 1 rings (SSSR count). The van der Waals surface area contributed by atoms with Gasteiger partial charge in [0, 0.05) is 13.1 Å². The van der Waals surface area contributed by atoms with Crippen LogP contribution in [0.25, 0.3) is 0 Å². The van der Waals surface area contributed by atoms with E-state index in [0.717, 1.165) is 12.1 Å². The lowest BCUT2D eigenvalue weighted by Gasteiger charge is -2.14. The van der Waals surface area contributed by atoms with Crippen molar-refractivity contribution >= 4 is 10.0 Å². The van der Waals surface area contributed by atoms with Crippen molar-refractivity contribution in [3.63, 3.8) is 0 Å². The molecule has 0 unspecified atom stereocenters. The summed E-state index contributed by atoms with van der Waals surface area (Å²) in [5, 5.41) is 9.02. The Morgan fingerprint density at radius 1 is 1.32 bits per heavy atom. The van der Waals surface area contributed by atoms with Gasteiger partial charge in [0.15, 0.2) is 0 Å². The van der Waals surface area contributed by atoms with Crippen molar-refractivity contribution in [3.8, 4) is 0 Å². The molecular formula is C13H22N2O3S. The fraction of sp³-hybridized carbons (Fsp3) is 0.538. The number of rotatable bonds is 8. The fourth-order valence-corrected chi connectivity index (χ4v) is 2.76. The summed E-state index contributed by atoms with van der Waals surface area (Å²) in [4.78, 5) is 2.04. The summed E-state index contributed by atoms with van der Waals surface area (Å²) >= 11 is 0. The average Bonchev–Trinajstić information content (AvgIpc) is 2.37. The zero-order valence-corrected chi connectivity index (χ0v) is 12.3. The van der Waals surface area contributed by atoms with E-state index in [4.69, 9.17) is 5.11 Å². The molecule has 1 aromatic carbocycles. The molecule has 0 saturated heterocycles. The van der Waals surface area contributed by atoms with Crippen molar-refractivity contribution in [2.24, 2.45) is 0 Å². The average molecular weight is 286 g/mol. The molecule has 0 aromatic heterocycles. The maximum absolute atomic E-state index is 11.9. The number of benzene rings is 1. The SMILES string of the molecule is CCN(C)CCNS(=O)(=O)Cc1cccc(CO)c1. The molecule has 0 amide bonds. The van der Waals surface area contributed by atoms with Crippen LogP contribution < -0.4 is 4.72 Å². The standard InChI is InChI=1S/C13H22N2O3S/c1-3-15(2)8-7-14-19(17,18)11-13-6-4-5-12(9-13)10-16/h4-6,9,14,16H,3,7-8,10-11H2,1-2H3. The minimum atomic E-state index is -3.32. The first kappa shape index (κ1) is 16.1. The lowest BCUT2D eigenvalue weighted by atomic mass is 10.1. The van der Waals surface area contributed by atoms with Gasteiger partial charge in [-0.05, 0) is 24.7 Å². The van der Waals surface area contributed by atoms with Crippen LogP contribution in [0, 0.1) is 0 Å². The van der Waals surface area contributed by atoms with Gasteiger partial charge in [-0.3, -0.25) is 0 Å². The minimum Gasteiger partial charge on any atom is -0.392 e. The highest BCUT2D eigenvalue weighted by molar-refractivity contribution is 7.88. The van der Waals surface area contributed by atoms with Crippen molar-refractivity contribution in [1.29, 1.82) is 0 Å². The number of likely N-dealkylation sites (N-methyl/N-ethyl adjacent to an activating group) is 1. The smallest absolute Gasteiger partial charge is 0.215 e. The first-order valence-corrected chi connectivity index (χ1v) is 7.96. The second-order valence-electron chi connectivity index (χ2n) is 4.53. The second-order valence-corrected chi connectivity index (χ2v) is 6.33. The molecule has 0 aliphatic heterocycles. The van der Waals surface area contributed by atoms with Crippen LogP contribution in [0.4, 0.5) is 0 Å². The third-order valence-corrected chi connectivity index (χ3v) is 4.24. The highest BCUT2D eigenvalue weighted by atomic mass is 32.2. The van der Waals surface area contributed by atoms with Gasteiger partial charge in [-0.1, -0.05) is 31.2 Å². The van der Waals surface area contributed by atoms with Crippen LogP contribution >= 0.6 is 0 Å². The molecule has 0 aliphatic rings. The molecule has 1 aromatic rings. The normalized spacial score (nSPS) is 12.0. The summed E-state index contributed by atoms with van der Waals surface area (Å²) in [6.07, 6.45) is 0. The highest BCUT2D eigenvalue weighted by Gasteiger charge is 2.11. The van der Waals surface area contributed by atoms with Gasteiger partial charge in [-0.2, -0.15) is 0 Å². The molecule has 0 atom stereocenters. The van der Waals surface area contributed by atoms with Gasteiger partial charge in [0.25, 0.3) is 0 Å². The summed E-state index contributed by atoms with van der Waals surface area (Å²) < 4.78 is 26.3. The van der Waals surface area contributed by atoms with E-state index in [9.17, 15) is 8.42 Å². The fourth-order valence-electron chi connectivity index (χ4n) is 1.64. The number of nitrogens with one attached hydrogen (secondary N) is 1. The zero-order valence-electron chi connectivity index (χ0n) is 11.5. The van der Waals surface area contributed by atoms with E-state index < -0.39 is 10.0 Å². The van der Waals surface area contributed by atoms with Gasteiger partial charge < -0.3 is 10.0 Å². The lowest BCUT2D eigenvalue weighted by molar-refractivity contribution is 0.282. The van der Waals surface area contributed by atoms with Crippen LogP contribution in [0.15, 0.2) is 24.3 Å². The van der Waals surface area contributed by atoms with Gasteiger partial charge in [-0.15, -0.1) is 0 Å². The van der Waals surface area contributed by atoms with Crippen LogP contribution in [-0.4, -0.2) is 45.1 Å². The highest BCUT2D eigenvalue weighted by Crippen LogP contribution is 2.08. The predicted molar refractivity (Wildman–Crippen MR) is 76.2 cm³/mol. The van der Waals surface area contributed by atoms with E-state index in [1.807, 2.05) is 18.9 Å². The Balaban J connectivity index is 2.54. The van der Waals surface area contributed by atoms with Gasteiger partial charge in [0.2, 0.25) is 10.0 Å². The maximum atomic E-state index is 11.9. The molecule has 5 nitrogen and oxygen atoms in total. The Hall–Kier alpha value is -0.950. The van der Waals surface area contributed by atoms with Gasteiger partial charge in [0.1, 0.15) is 0 Å². The molecule has 0 radical (unpaired) electrons. The van der Waals surface area contributed by atoms with Crippen LogP contribution in [0.1, 0.15) is 18.1 Å². The number of hydrogen-bond donors (Lipinski definition) is 2. The molecule has 0 saturated carbocycles. The quantitative estimate of drug-likeness (QED) is 0.732. The summed E-state index contributed by atoms with van der Waals surface area (Å²) in [7, 11) is -1.38. The first-order valence-electron chi connectivity index (χ1n) is 6.31. The van der Waals surface area contributed by atoms with E-state index in [2.05, 4.69) is 4.72 Å². The minimum absolute atomic E-state index is 0.0588. The van der Waals surface area contributed by atoms with E-state index >= 15 is 0 Å². The molecule has 108 valence electrons. The molecule has 0 spiro atoms. The predicted octanol–water partition coefficient (Wildman–Crippen LogP) is 0.550. The van der Waals surface area contributed by atoms with Crippen LogP contribution in [0.2, 0.25) is 0 Å². The molecule has 0 aliphatic carbocycles. The maximum Gasteiger partial charge on any atom is 0.215 e. The van der Waals surface area contributed by atoms with Gasteiger partial charge in [-0.25, -0.2) is 13.1 Å². The summed E-state index contributed by atoms with van der Waals surface area (Å²) in [6, 6.07) is 6.97. The Kier molecular flexibility index (Phi) is 6.44. The van der Waals surface area contributed by atoms with E-state index in [0.29, 0.717) is 18.7 Å². The Morgan fingerprint density at radius 3 is 2.63 bits per heavy atom. The Bertz CT molecular complexity index is 488. The Morgan fingerprint density at radius 2 is 2.00 bits per heavy atom. The van der Waals surface area contributed by atoms with Crippen molar-refractivity contribution in [2.75, 3.05) is 26.7 Å². The van der Waals surface area contributed by atoms with Gasteiger partial charge >= 0.3 is 0 Å². The number of aliphatic hydroxyl groups is 1. The van der Waals surface area contributed by atoms with E-state index in [-0.39, 0.29) is 12.4 Å². The third kappa shape index (κ3) is 6.15. The largest absolute Gasteiger partial charge is 0.392 e. The number of aliphatic hydroxyl groups excluding tert-OH is 1. The van der Waals surface area contributed by atoms with Crippen molar-refractivity contribution in [3.05, 3.63) is 35.4 Å².